The van der Waals surface area contributed by atoms with Gasteiger partial charge in [0.2, 0.25) is 0 Å². The fourth-order valence-electron chi connectivity index (χ4n) is 1.13. The van der Waals surface area contributed by atoms with Crippen molar-refractivity contribution >= 4 is 21.4 Å². The van der Waals surface area contributed by atoms with Gasteiger partial charge in [-0.3, -0.25) is 4.40 Å². The molecule has 0 N–H and O–H groups in total. The molecular formula is C8H7BrN2O. The van der Waals surface area contributed by atoms with E-state index in [9.17, 15) is 0 Å². The summed E-state index contributed by atoms with van der Waals surface area (Å²) in [4.78, 5) is 4.10. The van der Waals surface area contributed by atoms with Gasteiger partial charge in [0.15, 0.2) is 5.88 Å². The molecule has 0 amide bonds. The van der Waals surface area contributed by atoms with Gasteiger partial charge in [0.25, 0.3) is 0 Å². The third kappa shape index (κ3) is 0.992. The minimum atomic E-state index is 0.783. The quantitative estimate of drug-likeness (QED) is 0.745. The molecule has 0 saturated carbocycles. The van der Waals surface area contributed by atoms with E-state index in [4.69, 9.17) is 4.74 Å². The first kappa shape index (κ1) is 7.61. The van der Waals surface area contributed by atoms with Crippen molar-refractivity contribution < 1.29 is 4.74 Å². The maximum absolute atomic E-state index is 5.14. The van der Waals surface area contributed by atoms with E-state index < -0.39 is 0 Å². The number of ether oxygens (including phenoxy) is 1. The summed E-state index contributed by atoms with van der Waals surface area (Å²) in [6.07, 6.45) is 1.72. The molecule has 0 aliphatic carbocycles. The molecule has 2 aromatic rings. The molecule has 62 valence electrons. The van der Waals surface area contributed by atoms with Crippen LogP contribution in [0.25, 0.3) is 5.52 Å². The van der Waals surface area contributed by atoms with Gasteiger partial charge in [-0.1, -0.05) is 6.07 Å². The standard InChI is InChI=1S/C8H7BrN2O/c1-12-7-4-2-3-6-8(9)10-5-11(6)7/h2-5H,1H3. The van der Waals surface area contributed by atoms with Crippen molar-refractivity contribution in [3.63, 3.8) is 0 Å². The molecule has 0 aliphatic heterocycles. The number of rotatable bonds is 1. The first-order valence-corrected chi connectivity index (χ1v) is 4.28. The Morgan fingerprint density at radius 2 is 2.33 bits per heavy atom. The normalized spacial score (nSPS) is 10.5. The average molecular weight is 227 g/mol. The first-order valence-electron chi connectivity index (χ1n) is 3.48. The molecule has 0 unspecified atom stereocenters. The van der Waals surface area contributed by atoms with E-state index in [1.807, 2.05) is 22.6 Å². The van der Waals surface area contributed by atoms with Gasteiger partial charge >= 0.3 is 0 Å². The number of pyridine rings is 1. The monoisotopic (exact) mass is 226 g/mol. The van der Waals surface area contributed by atoms with Gasteiger partial charge in [-0.2, -0.15) is 0 Å². The lowest BCUT2D eigenvalue weighted by Gasteiger charge is -2.01. The Morgan fingerprint density at radius 1 is 1.50 bits per heavy atom. The number of aromatic nitrogens is 2. The lowest BCUT2D eigenvalue weighted by Crippen LogP contribution is -1.91. The Morgan fingerprint density at radius 3 is 3.08 bits per heavy atom. The van der Waals surface area contributed by atoms with Crippen LogP contribution in [-0.4, -0.2) is 16.5 Å². The summed E-state index contributed by atoms with van der Waals surface area (Å²) >= 11 is 3.34. The first-order chi connectivity index (χ1) is 5.83. The molecule has 2 rings (SSSR count). The summed E-state index contributed by atoms with van der Waals surface area (Å²) < 4.78 is 7.86. The van der Waals surface area contributed by atoms with E-state index >= 15 is 0 Å². The van der Waals surface area contributed by atoms with E-state index in [-0.39, 0.29) is 0 Å². The smallest absolute Gasteiger partial charge is 0.199 e. The largest absolute Gasteiger partial charge is 0.482 e. The van der Waals surface area contributed by atoms with Gasteiger partial charge in [-0.15, -0.1) is 0 Å². The number of halogens is 1. The highest BCUT2D eigenvalue weighted by atomic mass is 79.9. The molecule has 0 saturated heterocycles. The number of hydrogen-bond donors (Lipinski definition) is 0. The van der Waals surface area contributed by atoms with E-state index in [0.29, 0.717) is 0 Å². The molecule has 3 nitrogen and oxygen atoms in total. The third-order valence-electron chi connectivity index (χ3n) is 1.70. The number of nitrogens with zero attached hydrogens (tertiary/aromatic N) is 2. The number of fused-ring (bicyclic) bond motifs is 1. The van der Waals surface area contributed by atoms with E-state index in [1.54, 1.807) is 13.4 Å². The van der Waals surface area contributed by atoms with Crippen LogP contribution in [0.15, 0.2) is 29.1 Å². The zero-order valence-electron chi connectivity index (χ0n) is 6.49. The molecule has 0 spiro atoms. The van der Waals surface area contributed by atoms with Crippen LogP contribution in [0.3, 0.4) is 0 Å². The van der Waals surface area contributed by atoms with Crippen molar-refractivity contribution in [2.45, 2.75) is 0 Å². The Hall–Kier alpha value is -1.03. The number of hydrogen-bond acceptors (Lipinski definition) is 2. The van der Waals surface area contributed by atoms with E-state index in [0.717, 1.165) is 16.0 Å². The minimum Gasteiger partial charge on any atom is -0.482 e. The van der Waals surface area contributed by atoms with Crippen LogP contribution >= 0.6 is 15.9 Å². The highest BCUT2D eigenvalue weighted by Gasteiger charge is 2.03. The van der Waals surface area contributed by atoms with Crippen LogP contribution in [0, 0.1) is 0 Å². The molecule has 0 bridgehead atoms. The van der Waals surface area contributed by atoms with E-state index in [1.165, 1.54) is 0 Å². The van der Waals surface area contributed by atoms with Crippen molar-refractivity contribution in [2.24, 2.45) is 0 Å². The van der Waals surface area contributed by atoms with Crippen molar-refractivity contribution in [2.75, 3.05) is 7.11 Å². The second-order valence-corrected chi connectivity index (χ2v) is 3.11. The maximum atomic E-state index is 5.14. The second-order valence-electron chi connectivity index (χ2n) is 2.36. The third-order valence-corrected chi connectivity index (χ3v) is 2.31. The van der Waals surface area contributed by atoms with Crippen molar-refractivity contribution in [3.8, 4) is 5.88 Å². The van der Waals surface area contributed by atoms with Gasteiger partial charge in [-0.25, -0.2) is 4.98 Å². The predicted molar refractivity (Wildman–Crippen MR) is 49.4 cm³/mol. The van der Waals surface area contributed by atoms with Crippen molar-refractivity contribution in [1.82, 2.24) is 9.38 Å². The lowest BCUT2D eigenvalue weighted by molar-refractivity contribution is 0.392. The molecular weight excluding hydrogens is 220 g/mol. The zero-order valence-corrected chi connectivity index (χ0v) is 8.08. The van der Waals surface area contributed by atoms with Crippen LogP contribution in [0.1, 0.15) is 0 Å². The van der Waals surface area contributed by atoms with Gasteiger partial charge in [0, 0.05) is 0 Å². The SMILES string of the molecule is COc1cccc2c(Br)ncn12. The van der Waals surface area contributed by atoms with E-state index in [2.05, 4.69) is 20.9 Å². The van der Waals surface area contributed by atoms with Crippen LogP contribution in [-0.2, 0) is 0 Å². The molecule has 2 aromatic heterocycles. The maximum Gasteiger partial charge on any atom is 0.199 e. The molecule has 4 heteroatoms. The Bertz CT molecular complexity index is 410. The molecule has 0 radical (unpaired) electrons. The van der Waals surface area contributed by atoms with Gasteiger partial charge < -0.3 is 4.74 Å². The van der Waals surface area contributed by atoms with Crippen molar-refractivity contribution in [3.05, 3.63) is 29.1 Å². The van der Waals surface area contributed by atoms with Gasteiger partial charge in [-0.05, 0) is 28.1 Å². The van der Waals surface area contributed by atoms with Gasteiger partial charge in [0.05, 0.1) is 12.6 Å². The summed E-state index contributed by atoms with van der Waals surface area (Å²) in [5.74, 6) is 0.783. The summed E-state index contributed by atoms with van der Waals surface area (Å²) in [6.45, 7) is 0. The summed E-state index contributed by atoms with van der Waals surface area (Å²) in [7, 11) is 1.64. The van der Waals surface area contributed by atoms with Crippen molar-refractivity contribution in [1.29, 1.82) is 0 Å². The average Bonchev–Trinajstić information content (AvgIpc) is 2.48. The lowest BCUT2D eigenvalue weighted by atomic mass is 10.4. The number of methoxy groups -OCH3 is 1. The Kier molecular flexibility index (Phi) is 1.77. The van der Waals surface area contributed by atoms with Crippen LogP contribution in [0.4, 0.5) is 0 Å². The molecule has 12 heavy (non-hydrogen) atoms. The van der Waals surface area contributed by atoms with Crippen LogP contribution < -0.4 is 4.74 Å². The fourth-order valence-corrected chi connectivity index (χ4v) is 1.54. The molecule has 0 atom stereocenters. The Labute approximate surface area is 78.1 Å². The topological polar surface area (TPSA) is 26.5 Å². The Balaban J connectivity index is 2.81. The summed E-state index contributed by atoms with van der Waals surface area (Å²) in [5.41, 5.74) is 1.01. The van der Waals surface area contributed by atoms with Crippen LogP contribution in [0.5, 0.6) is 5.88 Å². The van der Waals surface area contributed by atoms with Crippen LogP contribution in [0.2, 0.25) is 0 Å². The van der Waals surface area contributed by atoms with Gasteiger partial charge in [0.1, 0.15) is 10.9 Å². The highest BCUT2D eigenvalue weighted by Crippen LogP contribution is 2.20. The molecule has 2 heterocycles. The molecule has 0 fully saturated rings. The molecule has 0 aromatic carbocycles. The zero-order chi connectivity index (χ0) is 8.55. The summed E-state index contributed by atoms with van der Waals surface area (Å²) in [5, 5.41) is 0. The summed E-state index contributed by atoms with van der Waals surface area (Å²) in [6, 6.07) is 5.79. The highest BCUT2D eigenvalue weighted by molar-refractivity contribution is 9.10. The fraction of sp³-hybridized carbons (Fsp3) is 0.125. The second kappa shape index (κ2) is 2.79. The molecule has 0 aliphatic rings. The number of imidazole rings is 1. The minimum absolute atomic E-state index is 0.783. The predicted octanol–water partition coefficient (Wildman–Crippen LogP) is 2.11.